The van der Waals surface area contributed by atoms with E-state index in [2.05, 4.69) is 17.3 Å². The van der Waals surface area contributed by atoms with Crippen LogP contribution in [0.5, 0.6) is 0 Å². The van der Waals surface area contributed by atoms with Crippen LogP contribution in [-0.4, -0.2) is 55.1 Å². The quantitative estimate of drug-likeness (QED) is 0.664. The molecule has 2 aliphatic heterocycles. The number of nitrogens with zero attached hydrogens (tertiary/aromatic N) is 2. The van der Waals surface area contributed by atoms with Gasteiger partial charge in [-0.1, -0.05) is 0 Å². The molecule has 0 aromatic carbocycles. The Morgan fingerprint density at radius 2 is 2.00 bits per heavy atom. The highest BCUT2D eigenvalue weighted by molar-refractivity contribution is 5.74. The fourth-order valence-electron chi connectivity index (χ4n) is 2.24. The van der Waals surface area contributed by atoms with E-state index >= 15 is 0 Å². The molecule has 14 heavy (non-hydrogen) atoms. The third-order valence-corrected chi connectivity index (χ3v) is 3.11. The average molecular weight is 197 g/mol. The molecule has 0 radical (unpaired) electrons. The van der Waals surface area contributed by atoms with E-state index in [1.165, 1.54) is 0 Å². The average Bonchev–Trinajstić information content (AvgIpc) is 2.75. The van der Waals surface area contributed by atoms with Crippen molar-refractivity contribution in [3.8, 4) is 0 Å². The van der Waals surface area contributed by atoms with Crippen molar-refractivity contribution in [1.82, 2.24) is 15.1 Å². The monoisotopic (exact) mass is 197 g/mol. The van der Waals surface area contributed by atoms with Crippen molar-refractivity contribution >= 4 is 6.03 Å². The summed E-state index contributed by atoms with van der Waals surface area (Å²) < 4.78 is 0. The maximum atomic E-state index is 11.7. The molecule has 4 nitrogen and oxygen atoms in total. The molecule has 80 valence electrons. The topological polar surface area (TPSA) is 35.6 Å². The summed E-state index contributed by atoms with van der Waals surface area (Å²) in [6, 6.07) is 0.510. The highest BCUT2D eigenvalue weighted by atomic mass is 16.2. The van der Waals surface area contributed by atoms with Gasteiger partial charge in [0.15, 0.2) is 0 Å². The van der Waals surface area contributed by atoms with Crippen molar-refractivity contribution in [2.24, 2.45) is 0 Å². The van der Waals surface area contributed by atoms with E-state index in [0.717, 1.165) is 45.4 Å². The van der Waals surface area contributed by atoms with Crippen molar-refractivity contribution in [3.63, 3.8) is 0 Å². The van der Waals surface area contributed by atoms with Crippen LogP contribution in [0.3, 0.4) is 0 Å². The Bertz CT molecular complexity index is 213. The molecule has 0 aromatic rings. The number of likely N-dealkylation sites (tertiary alicyclic amines) is 2. The van der Waals surface area contributed by atoms with Crippen molar-refractivity contribution in [2.45, 2.75) is 25.3 Å². The molecule has 0 bridgehead atoms. The van der Waals surface area contributed by atoms with E-state index in [1.807, 2.05) is 4.90 Å². The Labute approximate surface area is 85.2 Å². The minimum Gasteiger partial charge on any atom is -0.334 e. The fourth-order valence-corrected chi connectivity index (χ4v) is 2.24. The molecule has 2 rings (SSSR count). The minimum absolute atomic E-state index is 0.141. The Kier molecular flexibility index (Phi) is 2.91. The SMILES string of the molecule is CN1CCC(NC(=O)N2CCCC2)C1. The number of amides is 2. The Morgan fingerprint density at radius 3 is 2.57 bits per heavy atom. The predicted octanol–water partition coefficient (Wildman–Crippen LogP) is 0.496. The van der Waals surface area contributed by atoms with Crippen molar-refractivity contribution in [1.29, 1.82) is 0 Å². The van der Waals surface area contributed by atoms with Crippen LogP contribution in [0.2, 0.25) is 0 Å². The summed E-state index contributed by atoms with van der Waals surface area (Å²) in [5.74, 6) is 0. The molecule has 2 saturated heterocycles. The highest BCUT2D eigenvalue weighted by Gasteiger charge is 2.24. The number of hydrogen-bond acceptors (Lipinski definition) is 2. The Hall–Kier alpha value is -0.770. The minimum atomic E-state index is 0.141. The van der Waals surface area contributed by atoms with Gasteiger partial charge in [-0.25, -0.2) is 4.79 Å². The lowest BCUT2D eigenvalue weighted by Gasteiger charge is -2.19. The van der Waals surface area contributed by atoms with Crippen LogP contribution in [0.4, 0.5) is 4.79 Å². The standard InChI is InChI=1S/C10H19N3O/c1-12-7-4-9(8-12)11-10(14)13-5-2-3-6-13/h9H,2-8H2,1H3,(H,11,14). The molecule has 2 aliphatic rings. The van der Waals surface area contributed by atoms with E-state index in [0.29, 0.717) is 6.04 Å². The lowest BCUT2D eigenvalue weighted by molar-refractivity contribution is 0.204. The molecule has 2 amide bonds. The van der Waals surface area contributed by atoms with E-state index < -0.39 is 0 Å². The molecule has 1 atom stereocenters. The number of urea groups is 1. The second kappa shape index (κ2) is 4.17. The van der Waals surface area contributed by atoms with E-state index in [4.69, 9.17) is 0 Å². The molecular weight excluding hydrogens is 178 g/mol. The first kappa shape index (κ1) is 9.77. The summed E-state index contributed by atoms with van der Waals surface area (Å²) in [4.78, 5) is 15.9. The Balaban J connectivity index is 1.76. The number of carbonyl (C=O) groups is 1. The van der Waals surface area contributed by atoms with Gasteiger partial charge in [-0.05, 0) is 32.9 Å². The van der Waals surface area contributed by atoms with Gasteiger partial charge in [0.25, 0.3) is 0 Å². The van der Waals surface area contributed by atoms with E-state index in [-0.39, 0.29) is 6.03 Å². The first-order chi connectivity index (χ1) is 6.75. The molecule has 2 heterocycles. The predicted molar refractivity (Wildman–Crippen MR) is 55.2 cm³/mol. The summed E-state index contributed by atoms with van der Waals surface area (Å²) in [6.07, 6.45) is 3.42. The summed E-state index contributed by atoms with van der Waals surface area (Å²) in [5, 5.41) is 3.10. The van der Waals surface area contributed by atoms with Crippen LogP contribution >= 0.6 is 0 Å². The second-order valence-corrected chi connectivity index (χ2v) is 4.39. The van der Waals surface area contributed by atoms with Gasteiger partial charge < -0.3 is 15.1 Å². The fraction of sp³-hybridized carbons (Fsp3) is 0.900. The highest BCUT2D eigenvalue weighted by Crippen LogP contribution is 2.10. The zero-order valence-electron chi connectivity index (χ0n) is 8.83. The van der Waals surface area contributed by atoms with Gasteiger partial charge in [0.2, 0.25) is 0 Å². The van der Waals surface area contributed by atoms with Crippen molar-refractivity contribution < 1.29 is 4.79 Å². The van der Waals surface area contributed by atoms with E-state index in [1.54, 1.807) is 0 Å². The molecule has 4 heteroatoms. The van der Waals surface area contributed by atoms with Crippen LogP contribution < -0.4 is 5.32 Å². The molecular formula is C10H19N3O. The first-order valence-electron chi connectivity index (χ1n) is 5.50. The number of rotatable bonds is 1. The number of hydrogen-bond donors (Lipinski definition) is 1. The van der Waals surface area contributed by atoms with Crippen LogP contribution in [0.25, 0.3) is 0 Å². The van der Waals surface area contributed by atoms with Gasteiger partial charge in [0, 0.05) is 25.7 Å². The summed E-state index contributed by atoms with van der Waals surface area (Å²) >= 11 is 0. The summed E-state index contributed by atoms with van der Waals surface area (Å²) in [5.41, 5.74) is 0. The molecule has 0 aromatic heterocycles. The maximum Gasteiger partial charge on any atom is 0.317 e. The Morgan fingerprint density at radius 1 is 1.29 bits per heavy atom. The normalized spacial score (nSPS) is 28.4. The van der Waals surface area contributed by atoms with Crippen LogP contribution in [0.1, 0.15) is 19.3 Å². The smallest absolute Gasteiger partial charge is 0.317 e. The van der Waals surface area contributed by atoms with E-state index in [9.17, 15) is 4.79 Å². The molecule has 0 saturated carbocycles. The zero-order valence-corrected chi connectivity index (χ0v) is 8.83. The van der Waals surface area contributed by atoms with Gasteiger partial charge in [-0.2, -0.15) is 0 Å². The van der Waals surface area contributed by atoms with Crippen LogP contribution in [-0.2, 0) is 0 Å². The van der Waals surface area contributed by atoms with Gasteiger partial charge in [0.05, 0.1) is 0 Å². The zero-order chi connectivity index (χ0) is 9.97. The number of likely N-dealkylation sites (N-methyl/N-ethyl adjacent to an activating group) is 1. The summed E-state index contributed by atoms with van der Waals surface area (Å²) in [7, 11) is 2.10. The lowest BCUT2D eigenvalue weighted by atomic mass is 10.3. The lowest BCUT2D eigenvalue weighted by Crippen LogP contribution is -2.44. The number of carbonyl (C=O) groups excluding carboxylic acids is 1. The largest absolute Gasteiger partial charge is 0.334 e. The van der Waals surface area contributed by atoms with Gasteiger partial charge in [-0.15, -0.1) is 0 Å². The van der Waals surface area contributed by atoms with Gasteiger partial charge >= 0.3 is 6.03 Å². The molecule has 1 unspecified atom stereocenters. The van der Waals surface area contributed by atoms with Crippen molar-refractivity contribution in [2.75, 3.05) is 33.2 Å². The second-order valence-electron chi connectivity index (χ2n) is 4.39. The van der Waals surface area contributed by atoms with Gasteiger partial charge in [0.1, 0.15) is 0 Å². The maximum absolute atomic E-state index is 11.7. The third-order valence-electron chi connectivity index (χ3n) is 3.11. The van der Waals surface area contributed by atoms with Crippen LogP contribution in [0.15, 0.2) is 0 Å². The third kappa shape index (κ3) is 2.18. The number of nitrogens with one attached hydrogen (secondary N) is 1. The molecule has 0 spiro atoms. The molecule has 2 fully saturated rings. The summed E-state index contributed by atoms with van der Waals surface area (Å²) in [6.45, 7) is 3.98. The van der Waals surface area contributed by atoms with Crippen LogP contribution in [0, 0.1) is 0 Å². The molecule has 1 N–H and O–H groups in total. The van der Waals surface area contributed by atoms with Crippen molar-refractivity contribution in [3.05, 3.63) is 0 Å². The van der Waals surface area contributed by atoms with Gasteiger partial charge in [-0.3, -0.25) is 0 Å². The first-order valence-corrected chi connectivity index (χ1v) is 5.50. The molecule has 0 aliphatic carbocycles.